The first-order valence-corrected chi connectivity index (χ1v) is 4.93. The Kier molecular flexibility index (Phi) is 4.32. The number of nitriles is 1. The van der Waals surface area contributed by atoms with Crippen LogP contribution in [0.4, 0.5) is 28.0 Å². The molecular weight excluding hydrogens is 268 g/mol. The topological polar surface area (TPSA) is 62.1 Å². The summed E-state index contributed by atoms with van der Waals surface area (Å²) in [5, 5.41) is 10.6. The highest BCUT2D eigenvalue weighted by Gasteiger charge is 2.29. The van der Waals surface area contributed by atoms with Gasteiger partial charge in [0, 0.05) is 5.56 Å². The third kappa shape index (κ3) is 4.46. The van der Waals surface area contributed by atoms with Crippen molar-refractivity contribution in [3.63, 3.8) is 0 Å². The number of carbonyl (C=O) groups is 1. The number of carbonyl (C=O) groups excluding carboxylic acids is 1. The van der Waals surface area contributed by atoms with Crippen LogP contribution in [0.2, 0.25) is 0 Å². The van der Waals surface area contributed by atoms with Gasteiger partial charge >= 0.3 is 12.3 Å². The van der Waals surface area contributed by atoms with Crippen molar-refractivity contribution < 1.29 is 27.1 Å². The summed E-state index contributed by atoms with van der Waals surface area (Å²) >= 11 is 0. The molecule has 0 aliphatic rings. The Morgan fingerprint density at radius 3 is 2.63 bits per heavy atom. The zero-order valence-corrected chi connectivity index (χ0v) is 9.64. The van der Waals surface area contributed by atoms with Gasteiger partial charge in [0.1, 0.15) is 5.82 Å². The Morgan fingerprint density at radius 2 is 2.11 bits per heavy atom. The van der Waals surface area contributed by atoms with E-state index in [0.29, 0.717) is 0 Å². The molecule has 0 heterocycles. The standard InChI is InChI=1S/C11H8F4N2O2/c1-6-8(12)2-7(4-16)3-9(6)17-10(18)19-5-11(13,14)15/h2-3H,5H2,1H3,(H,17,18). The molecule has 1 rings (SSSR count). The lowest BCUT2D eigenvalue weighted by molar-refractivity contribution is -0.159. The summed E-state index contributed by atoms with van der Waals surface area (Å²) in [6.45, 7) is -0.450. The Balaban J connectivity index is 2.80. The second-order valence-electron chi connectivity index (χ2n) is 3.56. The first-order valence-electron chi connectivity index (χ1n) is 4.93. The Hall–Kier alpha value is -2.30. The van der Waals surface area contributed by atoms with Crippen LogP contribution in [0.3, 0.4) is 0 Å². The lowest BCUT2D eigenvalue weighted by Crippen LogP contribution is -2.23. The van der Waals surface area contributed by atoms with Gasteiger partial charge in [-0.15, -0.1) is 0 Å². The highest BCUT2D eigenvalue weighted by Crippen LogP contribution is 2.21. The van der Waals surface area contributed by atoms with Gasteiger partial charge < -0.3 is 4.74 Å². The van der Waals surface area contributed by atoms with Gasteiger partial charge in [0.15, 0.2) is 6.61 Å². The van der Waals surface area contributed by atoms with Crippen LogP contribution >= 0.6 is 0 Å². The van der Waals surface area contributed by atoms with Crippen LogP contribution in [0.15, 0.2) is 12.1 Å². The SMILES string of the molecule is Cc1c(F)cc(C#N)cc1NC(=O)OCC(F)(F)F. The molecule has 1 N–H and O–H groups in total. The number of hydrogen-bond acceptors (Lipinski definition) is 3. The monoisotopic (exact) mass is 276 g/mol. The summed E-state index contributed by atoms with van der Waals surface area (Å²) in [6, 6.07) is 3.73. The molecule has 0 spiro atoms. The predicted molar refractivity (Wildman–Crippen MR) is 56.9 cm³/mol. The van der Waals surface area contributed by atoms with Crippen LogP contribution in [0, 0.1) is 24.1 Å². The molecule has 4 nitrogen and oxygen atoms in total. The fourth-order valence-corrected chi connectivity index (χ4v) is 1.17. The number of benzene rings is 1. The number of hydrogen-bond donors (Lipinski definition) is 1. The lowest BCUT2D eigenvalue weighted by atomic mass is 10.1. The molecule has 1 aromatic rings. The van der Waals surface area contributed by atoms with E-state index in [0.717, 1.165) is 12.1 Å². The molecule has 0 aromatic heterocycles. The zero-order valence-electron chi connectivity index (χ0n) is 9.64. The molecule has 0 saturated heterocycles. The fourth-order valence-electron chi connectivity index (χ4n) is 1.17. The average molecular weight is 276 g/mol. The summed E-state index contributed by atoms with van der Waals surface area (Å²) in [7, 11) is 0. The zero-order chi connectivity index (χ0) is 14.6. The molecule has 0 aliphatic carbocycles. The van der Waals surface area contributed by atoms with Crippen molar-refractivity contribution in [2.24, 2.45) is 0 Å². The van der Waals surface area contributed by atoms with Gasteiger partial charge in [0.2, 0.25) is 0 Å². The van der Waals surface area contributed by atoms with E-state index in [1.807, 2.05) is 5.32 Å². The summed E-state index contributed by atoms with van der Waals surface area (Å²) in [6.07, 6.45) is -6.03. The second kappa shape index (κ2) is 5.56. The molecule has 0 unspecified atom stereocenters. The van der Waals surface area contributed by atoms with E-state index in [2.05, 4.69) is 4.74 Å². The van der Waals surface area contributed by atoms with Gasteiger partial charge in [0.05, 0.1) is 17.3 Å². The van der Waals surface area contributed by atoms with Crippen molar-refractivity contribution >= 4 is 11.8 Å². The molecule has 8 heteroatoms. The van der Waals surface area contributed by atoms with Crippen LogP contribution in [-0.2, 0) is 4.74 Å². The van der Waals surface area contributed by atoms with E-state index in [1.165, 1.54) is 6.92 Å². The number of amides is 1. The largest absolute Gasteiger partial charge is 0.440 e. The first-order chi connectivity index (χ1) is 8.73. The number of halogens is 4. The minimum absolute atomic E-state index is 0.0111. The van der Waals surface area contributed by atoms with Gasteiger partial charge in [-0.1, -0.05) is 0 Å². The maximum absolute atomic E-state index is 13.3. The Bertz CT molecular complexity index is 535. The molecule has 19 heavy (non-hydrogen) atoms. The van der Waals surface area contributed by atoms with Crippen molar-refractivity contribution in [1.29, 1.82) is 5.26 Å². The highest BCUT2D eigenvalue weighted by molar-refractivity contribution is 5.86. The normalized spacial score (nSPS) is 10.7. The maximum atomic E-state index is 13.3. The van der Waals surface area contributed by atoms with Crippen LogP contribution in [0.1, 0.15) is 11.1 Å². The van der Waals surface area contributed by atoms with Crippen molar-refractivity contribution in [2.75, 3.05) is 11.9 Å². The molecule has 102 valence electrons. The van der Waals surface area contributed by atoms with E-state index >= 15 is 0 Å². The molecular formula is C11H8F4N2O2. The third-order valence-corrected chi connectivity index (χ3v) is 2.08. The van der Waals surface area contributed by atoms with Crippen LogP contribution in [-0.4, -0.2) is 18.9 Å². The molecule has 0 bridgehead atoms. The van der Waals surface area contributed by atoms with Gasteiger partial charge in [-0.3, -0.25) is 5.32 Å². The summed E-state index contributed by atoms with van der Waals surface area (Å²) < 4.78 is 52.7. The van der Waals surface area contributed by atoms with Gasteiger partial charge in [-0.05, 0) is 19.1 Å². The number of nitrogens with zero attached hydrogens (tertiary/aromatic N) is 1. The van der Waals surface area contributed by atoms with Crippen molar-refractivity contribution in [1.82, 2.24) is 0 Å². The van der Waals surface area contributed by atoms with E-state index < -0.39 is 24.7 Å². The van der Waals surface area contributed by atoms with Crippen LogP contribution in [0.25, 0.3) is 0 Å². The molecule has 0 atom stereocenters. The number of nitrogens with one attached hydrogen (secondary N) is 1. The highest BCUT2D eigenvalue weighted by atomic mass is 19.4. The minimum atomic E-state index is -4.65. The molecule has 1 amide bonds. The van der Waals surface area contributed by atoms with Crippen LogP contribution < -0.4 is 5.32 Å². The summed E-state index contributed by atoms with van der Waals surface area (Å²) in [4.78, 5) is 11.1. The average Bonchev–Trinajstić information content (AvgIpc) is 2.31. The molecule has 0 aliphatic heterocycles. The summed E-state index contributed by atoms with van der Waals surface area (Å²) in [5.41, 5.74) is -0.207. The van der Waals surface area contributed by atoms with Crippen molar-refractivity contribution in [3.8, 4) is 6.07 Å². The van der Waals surface area contributed by atoms with E-state index in [9.17, 15) is 22.4 Å². The van der Waals surface area contributed by atoms with E-state index in [4.69, 9.17) is 5.26 Å². The third-order valence-electron chi connectivity index (χ3n) is 2.08. The van der Waals surface area contributed by atoms with Gasteiger partial charge in [-0.25, -0.2) is 9.18 Å². The van der Waals surface area contributed by atoms with E-state index in [-0.39, 0.29) is 16.8 Å². The Labute approximate surface area is 105 Å². The van der Waals surface area contributed by atoms with Crippen molar-refractivity contribution in [2.45, 2.75) is 13.1 Å². The second-order valence-corrected chi connectivity index (χ2v) is 3.56. The Morgan fingerprint density at radius 1 is 1.47 bits per heavy atom. The summed E-state index contributed by atoms with van der Waals surface area (Å²) in [5.74, 6) is -0.759. The number of ether oxygens (including phenoxy) is 1. The van der Waals surface area contributed by atoms with E-state index in [1.54, 1.807) is 6.07 Å². The molecule has 0 fully saturated rings. The maximum Gasteiger partial charge on any atom is 0.422 e. The minimum Gasteiger partial charge on any atom is -0.440 e. The quantitative estimate of drug-likeness (QED) is 0.844. The molecule has 1 aromatic carbocycles. The predicted octanol–water partition coefficient (Wildman–Crippen LogP) is 3.12. The fraction of sp³-hybridized carbons (Fsp3) is 0.273. The molecule has 0 saturated carbocycles. The van der Waals surface area contributed by atoms with Crippen LogP contribution in [0.5, 0.6) is 0 Å². The number of rotatable bonds is 2. The smallest absolute Gasteiger partial charge is 0.422 e. The van der Waals surface area contributed by atoms with Gasteiger partial charge in [-0.2, -0.15) is 18.4 Å². The number of alkyl halides is 3. The van der Waals surface area contributed by atoms with Gasteiger partial charge in [0.25, 0.3) is 0 Å². The first kappa shape index (κ1) is 14.8. The molecule has 0 radical (unpaired) electrons. The lowest BCUT2D eigenvalue weighted by Gasteiger charge is -2.11. The van der Waals surface area contributed by atoms with Crippen molar-refractivity contribution in [3.05, 3.63) is 29.1 Å². The number of anilines is 1.